The third kappa shape index (κ3) is 2.54. The first-order valence-electron chi connectivity index (χ1n) is 5.45. The predicted octanol–water partition coefficient (Wildman–Crippen LogP) is 0.752. The van der Waals surface area contributed by atoms with E-state index in [1.165, 1.54) is 7.11 Å². The fourth-order valence-corrected chi connectivity index (χ4v) is 1.82. The highest BCUT2D eigenvalue weighted by atomic mass is 16.7. The third-order valence-electron chi connectivity index (χ3n) is 2.75. The van der Waals surface area contributed by atoms with Crippen LogP contribution in [0.2, 0.25) is 0 Å². The Morgan fingerprint density at radius 1 is 1.32 bits per heavy atom. The van der Waals surface area contributed by atoms with Crippen LogP contribution in [0.25, 0.3) is 0 Å². The van der Waals surface area contributed by atoms with E-state index in [1.807, 2.05) is 0 Å². The van der Waals surface area contributed by atoms with Gasteiger partial charge in [-0.05, 0) is 24.1 Å². The first-order valence-corrected chi connectivity index (χ1v) is 5.45. The summed E-state index contributed by atoms with van der Waals surface area (Å²) < 4.78 is 15.5. The van der Waals surface area contributed by atoms with Gasteiger partial charge in [-0.2, -0.15) is 0 Å². The van der Waals surface area contributed by atoms with E-state index < -0.39 is 17.9 Å². The molecule has 0 unspecified atom stereocenters. The topological polar surface area (TPSA) is 102 Å². The van der Waals surface area contributed by atoms with Gasteiger partial charge in [-0.1, -0.05) is 0 Å². The Morgan fingerprint density at radius 3 is 2.58 bits per heavy atom. The summed E-state index contributed by atoms with van der Waals surface area (Å²) in [7, 11) is 1.44. The molecule has 102 valence electrons. The van der Waals surface area contributed by atoms with Crippen LogP contribution in [0, 0.1) is 5.92 Å². The van der Waals surface area contributed by atoms with Crippen LogP contribution in [0.4, 0.5) is 0 Å². The maximum atomic E-state index is 10.9. The number of ether oxygens (including phenoxy) is 3. The molecule has 1 aliphatic heterocycles. The van der Waals surface area contributed by atoms with Crippen LogP contribution < -0.4 is 14.2 Å². The second kappa shape index (κ2) is 5.05. The van der Waals surface area contributed by atoms with Crippen LogP contribution in [0.3, 0.4) is 0 Å². The lowest BCUT2D eigenvalue weighted by atomic mass is 9.99. The van der Waals surface area contributed by atoms with E-state index in [-0.39, 0.29) is 13.2 Å². The molecule has 0 aliphatic carbocycles. The van der Waals surface area contributed by atoms with Crippen LogP contribution in [0.5, 0.6) is 17.2 Å². The van der Waals surface area contributed by atoms with Gasteiger partial charge in [-0.3, -0.25) is 9.59 Å². The van der Waals surface area contributed by atoms with E-state index in [0.717, 1.165) is 0 Å². The highest BCUT2D eigenvalue weighted by molar-refractivity contribution is 5.93. The molecule has 0 spiro atoms. The molecular weight excluding hydrogens is 256 g/mol. The van der Waals surface area contributed by atoms with E-state index >= 15 is 0 Å². The van der Waals surface area contributed by atoms with Gasteiger partial charge in [0.25, 0.3) is 0 Å². The molecule has 0 bridgehead atoms. The van der Waals surface area contributed by atoms with Crippen LogP contribution in [-0.2, 0) is 16.0 Å². The second-order valence-electron chi connectivity index (χ2n) is 3.97. The van der Waals surface area contributed by atoms with E-state index in [4.69, 9.17) is 24.4 Å². The lowest BCUT2D eigenvalue weighted by molar-refractivity contribution is -0.154. The number of carboxylic acid groups (broad SMARTS) is 2. The van der Waals surface area contributed by atoms with Crippen molar-refractivity contribution >= 4 is 11.9 Å². The van der Waals surface area contributed by atoms with Crippen molar-refractivity contribution in [1.29, 1.82) is 0 Å². The van der Waals surface area contributed by atoms with Gasteiger partial charge in [0.05, 0.1) is 7.11 Å². The molecule has 19 heavy (non-hydrogen) atoms. The summed E-state index contributed by atoms with van der Waals surface area (Å²) in [5, 5.41) is 17.7. The molecule has 0 atom stereocenters. The van der Waals surface area contributed by atoms with E-state index in [1.54, 1.807) is 12.1 Å². The largest absolute Gasteiger partial charge is 0.493 e. The van der Waals surface area contributed by atoms with Crippen molar-refractivity contribution in [3.8, 4) is 17.2 Å². The normalized spacial score (nSPS) is 12.5. The van der Waals surface area contributed by atoms with E-state index in [2.05, 4.69) is 0 Å². The summed E-state index contributed by atoms with van der Waals surface area (Å²) in [6.07, 6.45) is -0.155. The van der Waals surface area contributed by atoms with Crippen LogP contribution in [0.1, 0.15) is 5.56 Å². The van der Waals surface area contributed by atoms with Gasteiger partial charge >= 0.3 is 11.9 Å². The molecule has 0 saturated heterocycles. The van der Waals surface area contributed by atoms with Crippen LogP contribution >= 0.6 is 0 Å². The first kappa shape index (κ1) is 13.0. The van der Waals surface area contributed by atoms with Crippen molar-refractivity contribution in [2.24, 2.45) is 5.92 Å². The van der Waals surface area contributed by atoms with Crippen molar-refractivity contribution in [1.82, 2.24) is 0 Å². The molecule has 0 amide bonds. The summed E-state index contributed by atoms with van der Waals surface area (Å²) in [5.41, 5.74) is 0.496. The summed E-state index contributed by atoms with van der Waals surface area (Å²) in [4.78, 5) is 21.7. The Labute approximate surface area is 108 Å². The average molecular weight is 268 g/mol. The summed E-state index contributed by atoms with van der Waals surface area (Å²) in [5.74, 6) is -3.03. The fourth-order valence-electron chi connectivity index (χ4n) is 1.82. The number of fused-ring (bicyclic) bond motifs is 1. The summed E-state index contributed by atoms with van der Waals surface area (Å²) in [6.45, 7) is 0.0520. The Bertz CT molecular complexity index is 509. The van der Waals surface area contributed by atoms with Crippen LogP contribution in [0.15, 0.2) is 12.1 Å². The van der Waals surface area contributed by atoms with Crippen LogP contribution in [-0.4, -0.2) is 36.1 Å². The molecule has 0 radical (unpaired) electrons. The minimum absolute atomic E-state index is 0.0520. The lowest BCUT2D eigenvalue weighted by Gasteiger charge is -2.10. The fraction of sp³-hybridized carbons (Fsp3) is 0.333. The highest BCUT2D eigenvalue weighted by Gasteiger charge is 2.28. The molecule has 0 saturated carbocycles. The highest BCUT2D eigenvalue weighted by Crippen LogP contribution is 2.42. The zero-order valence-corrected chi connectivity index (χ0v) is 10.1. The van der Waals surface area contributed by atoms with Crippen molar-refractivity contribution < 1.29 is 34.0 Å². The maximum absolute atomic E-state index is 10.9. The van der Waals surface area contributed by atoms with Gasteiger partial charge in [-0.25, -0.2) is 0 Å². The second-order valence-corrected chi connectivity index (χ2v) is 3.97. The Morgan fingerprint density at radius 2 is 2.00 bits per heavy atom. The van der Waals surface area contributed by atoms with E-state index in [9.17, 15) is 9.59 Å². The van der Waals surface area contributed by atoms with Crippen molar-refractivity contribution in [3.63, 3.8) is 0 Å². The van der Waals surface area contributed by atoms with Gasteiger partial charge in [0.15, 0.2) is 17.4 Å². The van der Waals surface area contributed by atoms with Crippen molar-refractivity contribution in [2.45, 2.75) is 6.42 Å². The van der Waals surface area contributed by atoms with Gasteiger partial charge < -0.3 is 24.4 Å². The zero-order chi connectivity index (χ0) is 14.0. The zero-order valence-electron chi connectivity index (χ0n) is 10.1. The number of carboxylic acids is 2. The lowest BCUT2D eigenvalue weighted by Crippen LogP contribution is -2.25. The number of carbonyl (C=O) groups is 2. The number of methoxy groups -OCH3 is 1. The van der Waals surface area contributed by atoms with E-state index in [0.29, 0.717) is 22.8 Å². The quantitative estimate of drug-likeness (QED) is 0.759. The van der Waals surface area contributed by atoms with Gasteiger partial charge in [0, 0.05) is 0 Å². The van der Waals surface area contributed by atoms with Crippen molar-refractivity contribution in [3.05, 3.63) is 17.7 Å². The molecule has 7 nitrogen and oxygen atoms in total. The maximum Gasteiger partial charge on any atom is 0.318 e. The third-order valence-corrected chi connectivity index (χ3v) is 2.75. The molecule has 7 heteroatoms. The number of hydrogen-bond acceptors (Lipinski definition) is 5. The Kier molecular flexibility index (Phi) is 3.46. The summed E-state index contributed by atoms with van der Waals surface area (Å²) in [6, 6.07) is 3.11. The summed E-state index contributed by atoms with van der Waals surface area (Å²) >= 11 is 0. The average Bonchev–Trinajstić information content (AvgIpc) is 2.82. The smallest absolute Gasteiger partial charge is 0.318 e. The van der Waals surface area contributed by atoms with Gasteiger partial charge in [-0.15, -0.1) is 0 Å². The Balaban J connectivity index is 2.31. The molecule has 1 aromatic carbocycles. The minimum atomic E-state index is -1.51. The first-order chi connectivity index (χ1) is 9.02. The Hall–Kier alpha value is -2.44. The molecule has 1 aliphatic rings. The number of rotatable bonds is 5. The minimum Gasteiger partial charge on any atom is -0.493 e. The van der Waals surface area contributed by atoms with Gasteiger partial charge in [0.2, 0.25) is 12.5 Å². The molecule has 1 aromatic rings. The molecule has 1 heterocycles. The van der Waals surface area contributed by atoms with Crippen molar-refractivity contribution in [2.75, 3.05) is 13.9 Å². The number of hydrogen-bond donors (Lipinski definition) is 2. The predicted molar refractivity (Wildman–Crippen MR) is 61.6 cm³/mol. The standard InChI is InChI=1S/C12H12O7/c1-17-8-3-6(2-7(11(13)14)12(15)16)4-9-10(8)19-5-18-9/h3-4,7H,2,5H2,1H3,(H,13,14)(H,15,16). The molecule has 0 fully saturated rings. The molecular formula is C12H12O7. The monoisotopic (exact) mass is 268 g/mol. The molecule has 2 rings (SSSR count). The number of benzene rings is 1. The SMILES string of the molecule is COc1cc(CC(C(=O)O)C(=O)O)cc2c1OCO2. The molecule has 2 N–H and O–H groups in total. The molecule has 0 aromatic heterocycles. The number of aliphatic carboxylic acids is 2. The van der Waals surface area contributed by atoms with Gasteiger partial charge in [0.1, 0.15) is 0 Å².